The number of hydrogen-bond donors (Lipinski definition) is 0. The van der Waals surface area contributed by atoms with E-state index in [1.54, 1.807) is 0 Å². The molecule has 0 atom stereocenters. The smallest absolute Gasteiger partial charge is 0.358 e. The summed E-state index contributed by atoms with van der Waals surface area (Å²) in [6, 6.07) is 46.7. The van der Waals surface area contributed by atoms with Crippen LogP contribution in [0.2, 0.25) is 0 Å². The molecule has 0 aliphatic heterocycles. The van der Waals surface area contributed by atoms with Crippen LogP contribution >= 0.6 is 0 Å². The van der Waals surface area contributed by atoms with Crippen molar-refractivity contribution in [2.75, 3.05) is 0 Å². The number of hydrogen-bond acceptors (Lipinski definition) is 1. The topological polar surface area (TPSA) is 26.1 Å². The van der Waals surface area contributed by atoms with Crippen LogP contribution in [0.15, 0.2) is 121 Å². The van der Waals surface area contributed by atoms with Gasteiger partial charge < -0.3 is 18.5 Å². The van der Waals surface area contributed by atoms with E-state index in [-0.39, 0.29) is 20.1 Å². The number of pyridine rings is 1. The molecule has 43 heavy (non-hydrogen) atoms. The van der Waals surface area contributed by atoms with Crippen molar-refractivity contribution in [2.45, 2.75) is 6.92 Å². The zero-order valence-electron chi connectivity index (χ0n) is 23.7. The predicted molar refractivity (Wildman–Crippen MR) is 170 cm³/mol. The summed E-state index contributed by atoms with van der Waals surface area (Å²) in [6.07, 6.45) is 5.30. The molecule has 0 saturated heterocycles. The van der Waals surface area contributed by atoms with E-state index < -0.39 is 0 Å². The van der Waals surface area contributed by atoms with Crippen LogP contribution in [0, 0.1) is 25.4 Å². The summed E-state index contributed by atoms with van der Waals surface area (Å²) in [5.41, 5.74) is 10.2. The molecule has 0 spiro atoms. The van der Waals surface area contributed by atoms with Crippen molar-refractivity contribution in [1.29, 1.82) is 0 Å². The summed E-state index contributed by atoms with van der Waals surface area (Å²) in [6.45, 7) is 2.03. The third-order valence-corrected chi connectivity index (χ3v) is 7.98. The summed E-state index contributed by atoms with van der Waals surface area (Å²) < 4.78 is 6.52. The number of nitrogens with zero attached hydrogens (tertiary/aromatic N) is 4. The fourth-order valence-electron chi connectivity index (χ4n) is 6.03. The second kappa shape index (κ2) is 10.8. The largest absolute Gasteiger partial charge is 3.00 e. The minimum Gasteiger partial charge on any atom is -0.358 e. The predicted octanol–water partition coefficient (Wildman–Crippen LogP) is 8.06. The zero-order valence-corrected chi connectivity index (χ0v) is 26.1. The van der Waals surface area contributed by atoms with Crippen molar-refractivity contribution >= 4 is 49.1 Å². The van der Waals surface area contributed by atoms with E-state index in [2.05, 4.69) is 117 Å². The van der Waals surface area contributed by atoms with Crippen LogP contribution in [-0.2, 0) is 27.2 Å². The maximum absolute atomic E-state index is 4.32. The van der Waals surface area contributed by atoms with Crippen molar-refractivity contribution in [3.8, 4) is 16.9 Å². The fraction of sp³-hybridized carbons (Fsp3) is 0.0526. The number of fused-ring (bicyclic) bond motifs is 7. The third-order valence-electron chi connectivity index (χ3n) is 7.98. The Morgan fingerprint density at radius 1 is 0.698 bits per heavy atom. The van der Waals surface area contributed by atoms with E-state index >= 15 is 0 Å². The summed E-state index contributed by atoms with van der Waals surface area (Å²) in [5, 5.41) is 5.00. The van der Waals surface area contributed by atoms with Gasteiger partial charge in [-0.05, 0) is 40.8 Å². The van der Waals surface area contributed by atoms with Gasteiger partial charge in [-0.2, -0.15) is 0 Å². The molecule has 0 N–H and O–H groups in total. The molecule has 0 fully saturated rings. The molecule has 9 aromatic rings. The van der Waals surface area contributed by atoms with Gasteiger partial charge in [0.2, 0.25) is 6.33 Å². The molecule has 0 bridgehead atoms. The van der Waals surface area contributed by atoms with Crippen molar-refractivity contribution in [3.05, 3.63) is 145 Å². The van der Waals surface area contributed by atoms with Crippen molar-refractivity contribution < 1.29 is 24.7 Å². The molecule has 4 heterocycles. The molecule has 4 aromatic heterocycles. The Hall–Kier alpha value is -4.83. The normalized spacial score (nSPS) is 11.3. The molecule has 0 amide bonds. The Morgan fingerprint density at radius 2 is 1.47 bits per heavy atom. The van der Waals surface area contributed by atoms with Gasteiger partial charge in [-0.25, -0.2) is 0 Å². The minimum absolute atomic E-state index is 0. The van der Waals surface area contributed by atoms with Crippen LogP contribution in [0.5, 0.6) is 0 Å². The molecule has 0 unspecified atom stereocenters. The second-order valence-corrected chi connectivity index (χ2v) is 10.6. The van der Waals surface area contributed by atoms with Gasteiger partial charge in [0.05, 0.1) is 18.1 Å². The van der Waals surface area contributed by atoms with Crippen LogP contribution in [0.3, 0.4) is 0 Å². The van der Waals surface area contributed by atoms with Crippen molar-refractivity contribution in [2.24, 2.45) is 7.05 Å². The van der Waals surface area contributed by atoms with Crippen LogP contribution in [0.4, 0.5) is 0 Å². The van der Waals surface area contributed by atoms with Crippen LogP contribution in [-0.4, -0.2) is 14.0 Å². The summed E-state index contributed by atoms with van der Waals surface area (Å²) in [4.78, 5) is 4.32. The number of imidazole rings is 1. The first-order chi connectivity index (χ1) is 20.7. The van der Waals surface area contributed by atoms with Gasteiger partial charge in [-0.1, -0.05) is 78.2 Å². The van der Waals surface area contributed by atoms with Gasteiger partial charge >= 0.3 is 20.1 Å². The Bertz CT molecular complexity index is 2370. The molecular formula is C38H26IrN4+. The molecule has 0 saturated carbocycles. The first-order valence-corrected chi connectivity index (χ1v) is 14.1. The SMILES string of the molecule is C[n+]1[c-]n(-c2[c-]c3c4cccc5c6ccccc6n(c3cc2)c45)c2ccccc21.Cc1ccc(-c2[c-]cccc2)nc1.[Ir+3]. The van der Waals surface area contributed by atoms with Crippen molar-refractivity contribution in [3.63, 3.8) is 0 Å². The van der Waals surface area contributed by atoms with E-state index in [0.29, 0.717) is 0 Å². The number of benzene rings is 5. The second-order valence-electron chi connectivity index (χ2n) is 10.6. The van der Waals surface area contributed by atoms with Gasteiger partial charge in [-0.15, -0.1) is 59.5 Å². The summed E-state index contributed by atoms with van der Waals surface area (Å²) >= 11 is 0. The first-order valence-electron chi connectivity index (χ1n) is 14.1. The number of para-hydroxylation sites is 4. The Morgan fingerprint density at radius 3 is 2.28 bits per heavy atom. The standard InChI is InChI=1S/C26H16N3.C12H10N.Ir/c1-27-16-28(25-12-5-4-11-24(25)27)17-13-14-23-21(15-17)20-9-6-8-19-18-7-2-3-10-22(18)29(23)26(19)20;1-10-7-8-12(13-9-10)11-5-3-2-4-6-11;/h2-14H,1H3;2-5,7-9H,1H3;/q2*-1;+3. The van der Waals surface area contributed by atoms with E-state index in [0.717, 1.165) is 33.4 Å². The van der Waals surface area contributed by atoms with E-state index in [4.69, 9.17) is 0 Å². The first kappa shape index (κ1) is 27.0. The molecule has 0 aliphatic rings. The third kappa shape index (κ3) is 4.40. The monoisotopic (exact) mass is 731 g/mol. The number of aryl methyl sites for hydroxylation is 2. The molecule has 4 nitrogen and oxygen atoms in total. The maximum atomic E-state index is 4.32. The van der Waals surface area contributed by atoms with Gasteiger partial charge in [0.1, 0.15) is 0 Å². The number of aromatic nitrogens is 4. The van der Waals surface area contributed by atoms with Gasteiger partial charge in [-0.3, -0.25) is 0 Å². The van der Waals surface area contributed by atoms with Gasteiger partial charge in [0, 0.05) is 22.6 Å². The van der Waals surface area contributed by atoms with Crippen LogP contribution in [0.25, 0.3) is 66.1 Å². The molecule has 206 valence electrons. The Balaban J connectivity index is 0.000000182. The average Bonchev–Trinajstić information content (AvgIpc) is 3.69. The van der Waals surface area contributed by atoms with Gasteiger partial charge in [0.25, 0.3) is 0 Å². The zero-order chi connectivity index (χ0) is 28.2. The molecule has 5 aromatic carbocycles. The molecule has 9 rings (SSSR count). The van der Waals surface area contributed by atoms with Crippen LogP contribution in [0.1, 0.15) is 5.56 Å². The van der Waals surface area contributed by atoms with E-state index in [1.807, 2.05) is 55.1 Å². The number of rotatable bonds is 2. The van der Waals surface area contributed by atoms with Gasteiger partial charge in [0.15, 0.2) is 0 Å². The molecule has 0 radical (unpaired) electrons. The Labute approximate surface area is 263 Å². The van der Waals surface area contributed by atoms with Crippen molar-refractivity contribution in [1.82, 2.24) is 14.0 Å². The minimum atomic E-state index is 0. The fourth-order valence-corrected chi connectivity index (χ4v) is 6.03. The van der Waals surface area contributed by atoms with E-state index in [1.165, 1.54) is 38.3 Å². The summed E-state index contributed by atoms with van der Waals surface area (Å²) in [5.74, 6) is 0. The van der Waals surface area contributed by atoms with E-state index in [9.17, 15) is 0 Å². The molecule has 5 heteroatoms. The molecule has 0 aliphatic carbocycles. The maximum Gasteiger partial charge on any atom is 3.00 e. The average molecular weight is 731 g/mol. The molecular weight excluding hydrogens is 705 g/mol. The van der Waals surface area contributed by atoms with Crippen LogP contribution < -0.4 is 4.57 Å². The quantitative estimate of drug-likeness (QED) is 0.131. The Kier molecular flexibility index (Phi) is 6.77. The summed E-state index contributed by atoms with van der Waals surface area (Å²) in [7, 11) is 2.03.